The Balaban J connectivity index is 2.75. The molecule has 0 bridgehead atoms. The molecule has 0 aromatic heterocycles. The Bertz CT molecular complexity index is 190. The molecule has 0 aliphatic heterocycles. The first-order chi connectivity index (χ1) is 4.84. The van der Waals surface area contributed by atoms with Crippen molar-refractivity contribution >= 4 is 5.69 Å². The van der Waals surface area contributed by atoms with E-state index in [1.54, 1.807) is 29.9 Å². The van der Waals surface area contributed by atoms with Crippen LogP contribution >= 0.6 is 0 Å². The molecule has 0 atom stereocenters. The summed E-state index contributed by atoms with van der Waals surface area (Å²) in [6.07, 6.45) is 0. The van der Waals surface area contributed by atoms with Gasteiger partial charge in [-0.1, -0.05) is 23.8 Å². The smallest absolute Gasteiger partial charge is 0.0844 e. The molecule has 54 valence electrons. The van der Waals surface area contributed by atoms with Gasteiger partial charge in [-0.25, -0.2) is 0 Å². The van der Waals surface area contributed by atoms with Crippen LogP contribution < -0.4 is 10.8 Å². The Morgan fingerprint density at radius 1 is 1.20 bits per heavy atom. The van der Waals surface area contributed by atoms with Gasteiger partial charge in [0, 0.05) is 0 Å². The quantitative estimate of drug-likeness (QED) is 0.531. The standard InChI is InChI=1S/C6H8N2O2/c9-7-8(10)6-4-2-1-3-5-6/h1-5,7,9-10H. The van der Waals surface area contributed by atoms with Gasteiger partial charge in [0.2, 0.25) is 0 Å². The van der Waals surface area contributed by atoms with Crippen LogP contribution in [-0.4, -0.2) is 10.4 Å². The first-order valence-corrected chi connectivity index (χ1v) is 2.78. The minimum Gasteiger partial charge on any atom is -0.295 e. The highest BCUT2D eigenvalue weighted by Crippen LogP contribution is 2.06. The van der Waals surface area contributed by atoms with Gasteiger partial charge in [-0.05, 0) is 12.1 Å². The highest BCUT2D eigenvalue weighted by Gasteiger charge is 1.95. The first kappa shape index (κ1) is 7.01. The summed E-state index contributed by atoms with van der Waals surface area (Å²) in [7, 11) is 0. The molecule has 0 saturated carbocycles. The Hall–Kier alpha value is -1.10. The summed E-state index contributed by atoms with van der Waals surface area (Å²) in [6, 6.07) is 8.59. The number of nitrogens with one attached hydrogen (secondary N) is 1. The molecule has 0 saturated heterocycles. The van der Waals surface area contributed by atoms with E-state index in [0.29, 0.717) is 10.9 Å². The Morgan fingerprint density at radius 3 is 2.30 bits per heavy atom. The molecule has 1 aromatic carbocycles. The third-order valence-electron chi connectivity index (χ3n) is 1.10. The van der Waals surface area contributed by atoms with Gasteiger partial charge in [0.1, 0.15) is 0 Å². The monoisotopic (exact) mass is 140 g/mol. The number of anilines is 1. The molecule has 0 aliphatic rings. The zero-order chi connectivity index (χ0) is 7.40. The summed E-state index contributed by atoms with van der Waals surface area (Å²) in [4.78, 5) is 0. The van der Waals surface area contributed by atoms with Gasteiger partial charge in [0.15, 0.2) is 0 Å². The lowest BCUT2D eigenvalue weighted by atomic mass is 10.3. The van der Waals surface area contributed by atoms with E-state index in [1.807, 2.05) is 6.07 Å². The molecule has 0 fully saturated rings. The summed E-state index contributed by atoms with van der Waals surface area (Å²) in [5.74, 6) is 0. The summed E-state index contributed by atoms with van der Waals surface area (Å²) in [6.45, 7) is 0. The van der Waals surface area contributed by atoms with Crippen molar-refractivity contribution in [2.75, 3.05) is 5.17 Å². The van der Waals surface area contributed by atoms with Crippen LogP contribution in [-0.2, 0) is 0 Å². The van der Waals surface area contributed by atoms with E-state index in [1.165, 1.54) is 0 Å². The van der Waals surface area contributed by atoms with Crippen LogP contribution in [0, 0.1) is 0 Å². The molecule has 0 radical (unpaired) electrons. The van der Waals surface area contributed by atoms with Crippen molar-refractivity contribution in [3.05, 3.63) is 30.3 Å². The number of para-hydroxylation sites is 1. The van der Waals surface area contributed by atoms with Crippen LogP contribution in [0.15, 0.2) is 30.3 Å². The second-order valence-corrected chi connectivity index (χ2v) is 1.75. The largest absolute Gasteiger partial charge is 0.295 e. The second-order valence-electron chi connectivity index (χ2n) is 1.75. The summed E-state index contributed by atoms with van der Waals surface area (Å²) in [5.41, 5.74) is 2.05. The predicted octanol–water partition coefficient (Wildman–Crippen LogP) is 0.776. The fourth-order valence-corrected chi connectivity index (χ4v) is 0.627. The molecule has 0 heterocycles. The Morgan fingerprint density at radius 2 is 1.80 bits per heavy atom. The molecular formula is C6H8N2O2. The van der Waals surface area contributed by atoms with Gasteiger partial charge in [0.25, 0.3) is 0 Å². The lowest BCUT2D eigenvalue weighted by Gasteiger charge is -2.11. The van der Waals surface area contributed by atoms with Crippen molar-refractivity contribution in [3.8, 4) is 0 Å². The van der Waals surface area contributed by atoms with Crippen molar-refractivity contribution in [1.29, 1.82) is 0 Å². The minimum absolute atomic E-state index is 0.477. The predicted molar refractivity (Wildman–Crippen MR) is 35.6 cm³/mol. The van der Waals surface area contributed by atoms with Crippen molar-refractivity contribution in [2.45, 2.75) is 0 Å². The normalized spacial score (nSPS) is 9.40. The zero-order valence-electron chi connectivity index (χ0n) is 5.23. The summed E-state index contributed by atoms with van der Waals surface area (Å²) < 4.78 is 0. The van der Waals surface area contributed by atoms with Gasteiger partial charge in [-0.15, -0.1) is 0 Å². The van der Waals surface area contributed by atoms with Crippen molar-refractivity contribution < 1.29 is 10.4 Å². The fraction of sp³-hybridized carbons (Fsp3) is 0. The number of rotatable bonds is 2. The number of hydrogen-bond acceptors (Lipinski definition) is 4. The highest BCUT2D eigenvalue weighted by atomic mass is 16.7. The third kappa shape index (κ3) is 1.44. The third-order valence-corrected chi connectivity index (χ3v) is 1.10. The molecule has 3 N–H and O–H groups in total. The summed E-state index contributed by atoms with van der Waals surface area (Å²) in [5, 5.41) is 17.5. The van der Waals surface area contributed by atoms with Gasteiger partial charge >= 0.3 is 0 Å². The topological polar surface area (TPSA) is 55.7 Å². The van der Waals surface area contributed by atoms with Crippen LogP contribution in [0.25, 0.3) is 0 Å². The average molecular weight is 140 g/mol. The lowest BCUT2D eigenvalue weighted by molar-refractivity contribution is 0.0495. The number of nitrogens with zero attached hydrogens (tertiary/aromatic N) is 1. The molecule has 0 amide bonds. The maximum atomic E-state index is 8.80. The van der Waals surface area contributed by atoms with E-state index in [-0.39, 0.29) is 0 Å². The Labute approximate surface area is 58.2 Å². The number of hydrazine groups is 1. The maximum absolute atomic E-state index is 8.80. The number of benzene rings is 1. The van der Waals surface area contributed by atoms with Gasteiger partial charge in [0.05, 0.1) is 5.69 Å². The molecule has 0 aliphatic carbocycles. The van der Waals surface area contributed by atoms with Crippen LogP contribution in [0.2, 0.25) is 0 Å². The van der Waals surface area contributed by atoms with Crippen molar-refractivity contribution in [2.24, 2.45) is 0 Å². The van der Waals surface area contributed by atoms with Crippen LogP contribution in [0.1, 0.15) is 0 Å². The molecule has 4 nitrogen and oxygen atoms in total. The van der Waals surface area contributed by atoms with E-state index in [0.717, 1.165) is 0 Å². The summed E-state index contributed by atoms with van der Waals surface area (Å²) >= 11 is 0. The van der Waals surface area contributed by atoms with Gasteiger partial charge in [-0.3, -0.25) is 10.4 Å². The molecule has 0 unspecified atom stereocenters. The lowest BCUT2D eigenvalue weighted by Crippen LogP contribution is -2.31. The SMILES string of the molecule is ONN(O)c1ccccc1. The zero-order valence-corrected chi connectivity index (χ0v) is 5.23. The molecule has 1 aromatic rings. The molecule has 1 rings (SSSR count). The Kier molecular flexibility index (Phi) is 2.22. The number of hydrogen-bond donors (Lipinski definition) is 3. The van der Waals surface area contributed by atoms with Crippen LogP contribution in [0.3, 0.4) is 0 Å². The van der Waals surface area contributed by atoms with Gasteiger partial charge in [-0.2, -0.15) is 5.17 Å². The highest BCUT2D eigenvalue weighted by molar-refractivity contribution is 5.41. The van der Waals surface area contributed by atoms with Crippen molar-refractivity contribution in [3.63, 3.8) is 0 Å². The van der Waals surface area contributed by atoms with E-state index < -0.39 is 0 Å². The first-order valence-electron chi connectivity index (χ1n) is 2.78. The molecular weight excluding hydrogens is 132 g/mol. The minimum atomic E-state index is 0.477. The van der Waals surface area contributed by atoms with Gasteiger partial charge < -0.3 is 0 Å². The molecule has 0 spiro atoms. The van der Waals surface area contributed by atoms with E-state index in [2.05, 4.69) is 0 Å². The van der Waals surface area contributed by atoms with E-state index >= 15 is 0 Å². The fourth-order valence-electron chi connectivity index (χ4n) is 0.627. The second kappa shape index (κ2) is 3.17. The van der Waals surface area contributed by atoms with Crippen LogP contribution in [0.4, 0.5) is 5.69 Å². The molecule has 4 heteroatoms. The van der Waals surface area contributed by atoms with E-state index in [4.69, 9.17) is 10.4 Å². The molecule has 10 heavy (non-hydrogen) atoms. The average Bonchev–Trinajstić information content (AvgIpc) is 2.05. The maximum Gasteiger partial charge on any atom is 0.0844 e. The van der Waals surface area contributed by atoms with Crippen LogP contribution in [0.5, 0.6) is 0 Å². The van der Waals surface area contributed by atoms with E-state index in [9.17, 15) is 0 Å². The van der Waals surface area contributed by atoms with Crippen molar-refractivity contribution in [1.82, 2.24) is 5.59 Å².